The predicted molar refractivity (Wildman–Crippen MR) is 132 cm³/mol. The fourth-order valence-electron chi connectivity index (χ4n) is 6.27. The van der Waals surface area contributed by atoms with Crippen molar-refractivity contribution < 1.29 is 19.1 Å². The maximum absolute atomic E-state index is 13.0. The van der Waals surface area contributed by atoms with E-state index < -0.39 is 6.04 Å². The summed E-state index contributed by atoms with van der Waals surface area (Å²) in [6.07, 6.45) is 10.3. The zero-order valence-electron chi connectivity index (χ0n) is 20.5. The van der Waals surface area contributed by atoms with Crippen LogP contribution in [0.15, 0.2) is 30.5 Å². The molecule has 2 aliphatic carbocycles. The molecule has 2 saturated carbocycles. The molecule has 0 radical (unpaired) electrons. The number of allylic oxidation sites excluding steroid dienone is 1. The van der Waals surface area contributed by atoms with Crippen LogP contribution in [0.3, 0.4) is 0 Å². The number of likely N-dealkylation sites (tertiary alicyclic amines) is 1. The molecule has 2 amide bonds. The van der Waals surface area contributed by atoms with Crippen LogP contribution in [0.25, 0.3) is 0 Å². The third-order valence-electron chi connectivity index (χ3n) is 8.52. The van der Waals surface area contributed by atoms with Crippen LogP contribution >= 0.6 is 0 Å². The van der Waals surface area contributed by atoms with Gasteiger partial charge in [-0.2, -0.15) is 0 Å². The van der Waals surface area contributed by atoms with E-state index in [2.05, 4.69) is 16.8 Å². The number of carbonyl (C=O) groups excluding carboxylic acids is 2. The Morgan fingerprint density at radius 2 is 1.86 bits per heavy atom. The van der Waals surface area contributed by atoms with Crippen molar-refractivity contribution in [3.8, 4) is 5.75 Å². The van der Waals surface area contributed by atoms with Gasteiger partial charge in [0, 0.05) is 43.5 Å². The first kappa shape index (κ1) is 23.0. The lowest BCUT2D eigenvalue weighted by Crippen LogP contribution is -2.49. The number of nitrogens with one attached hydrogen (secondary N) is 1. The highest BCUT2D eigenvalue weighted by molar-refractivity contribution is 6.01. The second-order valence-electron chi connectivity index (χ2n) is 11.1. The zero-order valence-corrected chi connectivity index (χ0v) is 20.5. The van der Waals surface area contributed by atoms with Gasteiger partial charge in [-0.3, -0.25) is 14.5 Å². The number of hydrogen-bond acceptors (Lipinski definition) is 5. The van der Waals surface area contributed by atoms with E-state index in [1.54, 1.807) is 4.90 Å². The highest BCUT2D eigenvalue weighted by Gasteiger charge is 2.39. The van der Waals surface area contributed by atoms with Gasteiger partial charge in [-0.1, -0.05) is 6.58 Å². The van der Waals surface area contributed by atoms with Crippen LogP contribution in [0.4, 0.5) is 0 Å². The number of nitrogens with zero attached hydrogens (tertiary/aromatic N) is 2. The number of ether oxygens (including phenoxy) is 2. The Balaban J connectivity index is 1.06. The molecular formula is C28H37N3O4. The van der Waals surface area contributed by atoms with Crippen molar-refractivity contribution in [3.05, 3.63) is 41.6 Å². The Bertz CT molecular complexity index is 998. The monoisotopic (exact) mass is 479 g/mol. The van der Waals surface area contributed by atoms with Crippen LogP contribution in [0, 0.1) is 5.92 Å². The average Bonchev–Trinajstić information content (AvgIpc) is 3.49. The summed E-state index contributed by atoms with van der Waals surface area (Å²) in [7, 11) is 0. The smallest absolute Gasteiger partial charge is 0.255 e. The molecule has 0 aromatic heterocycles. The van der Waals surface area contributed by atoms with Gasteiger partial charge in [0.2, 0.25) is 5.91 Å². The molecule has 1 N–H and O–H groups in total. The van der Waals surface area contributed by atoms with Crippen molar-refractivity contribution in [3.63, 3.8) is 0 Å². The molecule has 0 spiro atoms. The summed E-state index contributed by atoms with van der Waals surface area (Å²) >= 11 is 0. The van der Waals surface area contributed by atoms with Gasteiger partial charge in [0.25, 0.3) is 5.91 Å². The minimum Gasteiger partial charge on any atom is -0.489 e. The molecule has 188 valence electrons. The van der Waals surface area contributed by atoms with Crippen molar-refractivity contribution in [2.45, 2.75) is 88.6 Å². The largest absolute Gasteiger partial charge is 0.489 e. The minimum absolute atomic E-state index is 0.0651. The first-order valence-corrected chi connectivity index (χ1v) is 13.5. The number of hydrogen-bond donors (Lipinski definition) is 1. The normalized spacial score (nSPS) is 30.0. The fourth-order valence-corrected chi connectivity index (χ4v) is 6.27. The molecule has 7 heteroatoms. The standard InChI is InChI=1S/C28H37N3O4/c1-18-5-10-25(27(32)29-18)31-16-20-15-22(8-9-23(20)28(31)33)35-26-4-2-3-24(26)30-13-11-21(12-14-30)34-17-19-6-7-19/h8-9,15,19,21,24-26H,1-7,10-14,16-17H2,(H,29,32)/t24-,25?,26-/m0/s1. The molecule has 2 saturated heterocycles. The summed E-state index contributed by atoms with van der Waals surface area (Å²) in [4.78, 5) is 29.8. The third kappa shape index (κ3) is 4.85. The SMILES string of the molecule is C=C1CCC(N2Cc3cc(O[C@H]4CCC[C@@H]4N4CCC(OCC5CC5)CC4)ccc3C2=O)C(=O)N1. The van der Waals surface area contributed by atoms with Crippen LogP contribution in [0.1, 0.15) is 73.7 Å². The van der Waals surface area contributed by atoms with Crippen LogP contribution in [-0.4, -0.2) is 65.6 Å². The van der Waals surface area contributed by atoms with E-state index in [4.69, 9.17) is 9.47 Å². The molecular weight excluding hydrogens is 442 g/mol. The highest BCUT2D eigenvalue weighted by Crippen LogP contribution is 2.35. The number of rotatable bonds is 7. The van der Waals surface area contributed by atoms with Gasteiger partial charge in [-0.25, -0.2) is 0 Å². The first-order chi connectivity index (χ1) is 17.0. The summed E-state index contributed by atoms with van der Waals surface area (Å²) in [5.74, 6) is 1.47. The maximum atomic E-state index is 13.0. The Labute approximate surface area is 207 Å². The van der Waals surface area contributed by atoms with E-state index in [9.17, 15) is 9.59 Å². The van der Waals surface area contributed by atoms with E-state index in [0.29, 0.717) is 37.1 Å². The first-order valence-electron chi connectivity index (χ1n) is 13.5. The summed E-state index contributed by atoms with van der Waals surface area (Å²) in [6, 6.07) is 5.83. The summed E-state index contributed by atoms with van der Waals surface area (Å²) in [5.41, 5.74) is 2.37. The Morgan fingerprint density at radius 3 is 2.63 bits per heavy atom. The van der Waals surface area contributed by atoms with Gasteiger partial charge >= 0.3 is 0 Å². The molecule has 1 aromatic carbocycles. The highest BCUT2D eigenvalue weighted by atomic mass is 16.5. The molecule has 3 atom stereocenters. The number of fused-ring (bicyclic) bond motifs is 1. The molecule has 1 unspecified atom stereocenters. The topological polar surface area (TPSA) is 71.1 Å². The lowest BCUT2D eigenvalue weighted by molar-refractivity contribution is -0.126. The Hall–Kier alpha value is -2.38. The maximum Gasteiger partial charge on any atom is 0.255 e. The number of carbonyl (C=O) groups is 2. The van der Waals surface area contributed by atoms with Gasteiger partial charge in [0.15, 0.2) is 0 Å². The van der Waals surface area contributed by atoms with Crippen molar-refractivity contribution in [2.24, 2.45) is 5.92 Å². The zero-order chi connectivity index (χ0) is 23.9. The van der Waals surface area contributed by atoms with E-state index in [0.717, 1.165) is 61.9 Å². The van der Waals surface area contributed by atoms with Crippen molar-refractivity contribution in [2.75, 3.05) is 19.7 Å². The van der Waals surface area contributed by atoms with Crippen molar-refractivity contribution in [1.82, 2.24) is 15.1 Å². The second kappa shape index (κ2) is 9.58. The van der Waals surface area contributed by atoms with Crippen LogP contribution in [-0.2, 0) is 16.1 Å². The molecule has 3 aliphatic heterocycles. The van der Waals surface area contributed by atoms with E-state index >= 15 is 0 Å². The van der Waals surface area contributed by atoms with Gasteiger partial charge in [-0.05, 0) is 87.5 Å². The number of benzene rings is 1. The van der Waals surface area contributed by atoms with Crippen LogP contribution < -0.4 is 10.1 Å². The molecule has 35 heavy (non-hydrogen) atoms. The molecule has 5 aliphatic rings. The van der Waals surface area contributed by atoms with E-state index in [-0.39, 0.29) is 17.9 Å². The van der Waals surface area contributed by atoms with Gasteiger partial charge in [0.1, 0.15) is 17.9 Å². The quantitative estimate of drug-likeness (QED) is 0.647. The Kier molecular flexibility index (Phi) is 6.31. The van der Waals surface area contributed by atoms with Gasteiger partial charge in [-0.15, -0.1) is 0 Å². The molecule has 7 nitrogen and oxygen atoms in total. The second-order valence-corrected chi connectivity index (χ2v) is 11.1. The van der Waals surface area contributed by atoms with E-state index in [1.165, 1.54) is 25.7 Å². The van der Waals surface area contributed by atoms with Crippen molar-refractivity contribution >= 4 is 11.8 Å². The summed E-state index contributed by atoms with van der Waals surface area (Å²) < 4.78 is 12.7. The van der Waals surface area contributed by atoms with Gasteiger partial charge < -0.3 is 19.7 Å². The lowest BCUT2D eigenvalue weighted by Gasteiger charge is -2.38. The molecule has 4 fully saturated rings. The molecule has 0 bridgehead atoms. The minimum atomic E-state index is -0.430. The van der Waals surface area contributed by atoms with Gasteiger partial charge in [0.05, 0.1) is 6.10 Å². The van der Waals surface area contributed by atoms with Crippen molar-refractivity contribution in [1.29, 1.82) is 0 Å². The van der Waals surface area contributed by atoms with Crippen LogP contribution in [0.2, 0.25) is 0 Å². The summed E-state index contributed by atoms with van der Waals surface area (Å²) in [5, 5.41) is 2.80. The number of amides is 2. The lowest BCUT2D eigenvalue weighted by atomic mass is 10.0. The van der Waals surface area contributed by atoms with Crippen LogP contribution in [0.5, 0.6) is 5.75 Å². The molecule has 3 heterocycles. The van der Waals surface area contributed by atoms with E-state index in [1.807, 2.05) is 18.2 Å². The Morgan fingerprint density at radius 1 is 1.03 bits per heavy atom. The number of piperidine rings is 2. The molecule has 1 aromatic rings. The average molecular weight is 480 g/mol. The third-order valence-corrected chi connectivity index (χ3v) is 8.52. The fraction of sp³-hybridized carbons (Fsp3) is 0.643. The predicted octanol–water partition coefficient (Wildman–Crippen LogP) is 3.63. The molecule has 6 rings (SSSR count). The summed E-state index contributed by atoms with van der Waals surface area (Å²) in [6.45, 7) is 7.43.